The van der Waals surface area contributed by atoms with Gasteiger partial charge in [0.2, 0.25) is 0 Å². The van der Waals surface area contributed by atoms with Crippen molar-refractivity contribution in [1.82, 2.24) is 4.90 Å². The molecule has 1 aliphatic rings. The summed E-state index contributed by atoms with van der Waals surface area (Å²) in [7, 11) is 0. The summed E-state index contributed by atoms with van der Waals surface area (Å²) in [5, 5.41) is 15.8. The summed E-state index contributed by atoms with van der Waals surface area (Å²) in [4.78, 5) is 14.3. The summed E-state index contributed by atoms with van der Waals surface area (Å²) in [6.45, 7) is 4.33. The van der Waals surface area contributed by atoms with Crippen LogP contribution in [0.4, 0.5) is 0 Å². The number of ether oxygens (including phenoxy) is 3. The minimum Gasteiger partial charge on any atom is -0.490 e. The lowest BCUT2D eigenvalue weighted by Crippen LogP contribution is -2.27. The molecular formula is C23H30Cl2N4O4. The third kappa shape index (κ3) is 7.54. The Morgan fingerprint density at radius 2 is 1.52 bits per heavy atom. The Morgan fingerprint density at radius 3 is 2.12 bits per heavy atom. The van der Waals surface area contributed by atoms with Crippen LogP contribution in [0.1, 0.15) is 41.3 Å². The molecule has 2 aromatic carbocycles. The molecule has 3 rings (SSSR count). The first kappa shape index (κ1) is 28.1. The van der Waals surface area contributed by atoms with Crippen LogP contribution in [0.5, 0.6) is 11.5 Å². The lowest BCUT2D eigenvalue weighted by atomic mass is 10.1. The second-order valence-corrected chi connectivity index (χ2v) is 7.11. The zero-order valence-electron chi connectivity index (χ0n) is 18.5. The van der Waals surface area contributed by atoms with Crippen molar-refractivity contribution in [3.63, 3.8) is 0 Å². The number of amidine groups is 2. The Morgan fingerprint density at radius 1 is 0.909 bits per heavy atom. The minimum absolute atomic E-state index is 0. The van der Waals surface area contributed by atoms with Crippen molar-refractivity contribution in [2.45, 2.75) is 19.8 Å². The van der Waals surface area contributed by atoms with Crippen LogP contribution in [0.25, 0.3) is 0 Å². The number of rotatable bonds is 9. The number of nitrogens with two attached hydrogens (primary N) is 1. The number of esters is 1. The van der Waals surface area contributed by atoms with Crippen molar-refractivity contribution in [1.29, 1.82) is 10.8 Å². The van der Waals surface area contributed by atoms with Crippen molar-refractivity contribution >= 4 is 42.5 Å². The van der Waals surface area contributed by atoms with E-state index in [0.29, 0.717) is 35.1 Å². The Kier molecular flexibility index (Phi) is 11.5. The highest BCUT2D eigenvalue weighted by molar-refractivity contribution is 5.98. The number of benzene rings is 2. The maximum absolute atomic E-state index is 12.3. The first-order valence-corrected chi connectivity index (χ1v) is 10.3. The molecule has 0 amide bonds. The number of carbonyl (C=O) groups excluding carboxylic acids is 1. The van der Waals surface area contributed by atoms with Crippen LogP contribution < -0.4 is 15.2 Å². The highest BCUT2D eigenvalue weighted by Crippen LogP contribution is 2.28. The van der Waals surface area contributed by atoms with E-state index in [9.17, 15) is 4.79 Å². The number of nitrogen functional groups attached to an aromatic ring is 1. The van der Waals surface area contributed by atoms with Crippen molar-refractivity contribution in [2.75, 3.05) is 32.9 Å². The molecule has 4 N–H and O–H groups in total. The zero-order chi connectivity index (χ0) is 22.2. The van der Waals surface area contributed by atoms with E-state index in [0.717, 1.165) is 31.5 Å². The molecule has 0 atom stereocenters. The predicted molar refractivity (Wildman–Crippen MR) is 133 cm³/mol. The fraction of sp³-hybridized carbons (Fsp3) is 0.348. The summed E-state index contributed by atoms with van der Waals surface area (Å²) in [6, 6.07) is 11.9. The van der Waals surface area contributed by atoms with Gasteiger partial charge >= 0.3 is 5.97 Å². The summed E-state index contributed by atoms with van der Waals surface area (Å²) in [5.41, 5.74) is 7.27. The lowest BCUT2D eigenvalue weighted by Gasteiger charge is -2.18. The molecule has 33 heavy (non-hydrogen) atoms. The SMILES string of the molecule is CCOc1ccc(C(=N)N)cc1OCCOC(=O)c1ccc(C(=N)N2CCCC2)cc1.Cl.Cl. The molecule has 8 nitrogen and oxygen atoms in total. The molecule has 1 heterocycles. The van der Waals surface area contributed by atoms with Gasteiger partial charge in [-0.2, -0.15) is 0 Å². The standard InChI is InChI=1S/C23H28N4O4.2ClH/c1-2-29-19-10-9-18(21(24)25)15-20(19)30-13-14-31-23(28)17-7-5-16(6-8-17)22(26)27-11-3-4-12-27;;/h5-10,15,26H,2-4,11-14H2,1H3,(H3,24,25);2*1H. The Labute approximate surface area is 206 Å². The molecule has 0 aromatic heterocycles. The fourth-order valence-electron chi connectivity index (χ4n) is 3.32. The number of nitrogens with zero attached hydrogens (tertiary/aromatic N) is 1. The molecular weight excluding hydrogens is 467 g/mol. The normalized spacial score (nSPS) is 12.2. The third-order valence-electron chi connectivity index (χ3n) is 4.94. The average Bonchev–Trinajstić information content (AvgIpc) is 3.32. The van der Waals surface area contributed by atoms with Crippen LogP contribution in [0, 0.1) is 10.8 Å². The van der Waals surface area contributed by atoms with Gasteiger partial charge in [-0.25, -0.2) is 4.79 Å². The van der Waals surface area contributed by atoms with Crippen LogP contribution in [-0.4, -0.2) is 55.5 Å². The second-order valence-electron chi connectivity index (χ2n) is 7.11. The van der Waals surface area contributed by atoms with Gasteiger partial charge in [-0.05, 0) is 50.1 Å². The lowest BCUT2D eigenvalue weighted by molar-refractivity contribution is 0.0449. The van der Waals surface area contributed by atoms with Gasteiger partial charge in [0.1, 0.15) is 24.9 Å². The van der Waals surface area contributed by atoms with Gasteiger partial charge in [0.15, 0.2) is 11.5 Å². The Bertz CT molecular complexity index is 948. The van der Waals surface area contributed by atoms with Gasteiger partial charge in [-0.3, -0.25) is 10.8 Å². The largest absolute Gasteiger partial charge is 0.490 e. The summed E-state index contributed by atoms with van der Waals surface area (Å²) < 4.78 is 16.5. The van der Waals surface area contributed by atoms with E-state index in [1.807, 2.05) is 11.8 Å². The second kappa shape index (κ2) is 13.5. The molecule has 0 saturated carbocycles. The van der Waals surface area contributed by atoms with Crippen LogP contribution >= 0.6 is 24.8 Å². The first-order valence-electron chi connectivity index (χ1n) is 10.3. The van der Waals surface area contributed by atoms with E-state index < -0.39 is 5.97 Å². The molecule has 1 saturated heterocycles. The molecule has 0 aliphatic carbocycles. The monoisotopic (exact) mass is 496 g/mol. The van der Waals surface area contributed by atoms with Crippen molar-refractivity contribution in [3.05, 3.63) is 59.2 Å². The molecule has 1 fully saturated rings. The number of carbonyl (C=O) groups is 1. The maximum atomic E-state index is 12.3. The molecule has 0 spiro atoms. The Hall–Kier alpha value is -2.97. The van der Waals surface area contributed by atoms with Gasteiger partial charge in [0, 0.05) is 24.2 Å². The number of nitrogens with one attached hydrogen (secondary N) is 2. The third-order valence-corrected chi connectivity index (χ3v) is 4.94. The number of hydrogen-bond acceptors (Lipinski definition) is 6. The van der Waals surface area contributed by atoms with E-state index in [1.54, 1.807) is 42.5 Å². The number of hydrogen-bond donors (Lipinski definition) is 3. The topological polar surface area (TPSA) is 122 Å². The zero-order valence-corrected chi connectivity index (χ0v) is 20.1. The molecule has 0 radical (unpaired) electrons. The number of likely N-dealkylation sites (tertiary alicyclic amines) is 1. The highest BCUT2D eigenvalue weighted by atomic mass is 35.5. The van der Waals surface area contributed by atoms with Crippen LogP contribution in [0.15, 0.2) is 42.5 Å². The van der Waals surface area contributed by atoms with E-state index in [1.165, 1.54) is 0 Å². The maximum Gasteiger partial charge on any atom is 0.338 e. The average molecular weight is 497 g/mol. The highest BCUT2D eigenvalue weighted by Gasteiger charge is 2.17. The van der Waals surface area contributed by atoms with Crippen LogP contribution in [0.2, 0.25) is 0 Å². The Balaban J connectivity index is 0.00000272. The van der Waals surface area contributed by atoms with Gasteiger partial charge in [-0.1, -0.05) is 12.1 Å². The summed E-state index contributed by atoms with van der Waals surface area (Å²) in [5.74, 6) is 0.944. The fourth-order valence-corrected chi connectivity index (χ4v) is 3.32. The van der Waals surface area contributed by atoms with E-state index in [2.05, 4.69) is 0 Å². The van der Waals surface area contributed by atoms with Crippen molar-refractivity contribution in [3.8, 4) is 11.5 Å². The predicted octanol–water partition coefficient (Wildman–Crippen LogP) is 3.87. The van der Waals surface area contributed by atoms with E-state index in [-0.39, 0.29) is 43.9 Å². The molecule has 0 unspecified atom stereocenters. The molecule has 10 heteroatoms. The van der Waals surface area contributed by atoms with Gasteiger partial charge in [0.05, 0.1) is 12.2 Å². The van der Waals surface area contributed by atoms with Crippen molar-refractivity contribution < 1.29 is 19.0 Å². The van der Waals surface area contributed by atoms with Gasteiger partial charge in [0.25, 0.3) is 0 Å². The van der Waals surface area contributed by atoms with Crippen molar-refractivity contribution in [2.24, 2.45) is 5.73 Å². The smallest absolute Gasteiger partial charge is 0.338 e. The van der Waals surface area contributed by atoms with Crippen LogP contribution in [0.3, 0.4) is 0 Å². The summed E-state index contributed by atoms with van der Waals surface area (Å²) >= 11 is 0. The van der Waals surface area contributed by atoms with E-state index in [4.69, 9.17) is 30.8 Å². The minimum atomic E-state index is -0.453. The molecule has 2 aromatic rings. The summed E-state index contributed by atoms with van der Waals surface area (Å²) in [6.07, 6.45) is 2.22. The number of halogens is 2. The van der Waals surface area contributed by atoms with Gasteiger partial charge < -0.3 is 24.8 Å². The van der Waals surface area contributed by atoms with E-state index >= 15 is 0 Å². The molecule has 1 aliphatic heterocycles. The molecule has 180 valence electrons. The van der Waals surface area contributed by atoms with Gasteiger partial charge in [-0.15, -0.1) is 24.8 Å². The molecule has 0 bridgehead atoms. The van der Waals surface area contributed by atoms with Crippen LogP contribution in [-0.2, 0) is 4.74 Å². The first-order chi connectivity index (χ1) is 15.0. The quantitative estimate of drug-likeness (QED) is 0.209.